The second-order valence-electron chi connectivity index (χ2n) is 4.47. The number of hydrogen-bond acceptors (Lipinski definition) is 5. The van der Waals surface area contributed by atoms with E-state index in [2.05, 4.69) is 0 Å². The first-order valence-corrected chi connectivity index (χ1v) is 8.45. The fourth-order valence-corrected chi connectivity index (χ4v) is 3.11. The SMILES string of the molecule is CN(C)S(=O)(=O)c1ccc(C(=O)OCc2cccs2)cc1. The van der Waals surface area contributed by atoms with Crippen LogP contribution in [0.4, 0.5) is 0 Å². The summed E-state index contributed by atoms with van der Waals surface area (Å²) in [6.45, 7) is 0.217. The minimum atomic E-state index is -3.48. The Hall–Kier alpha value is -1.70. The Morgan fingerprint density at radius 1 is 1.19 bits per heavy atom. The van der Waals surface area contributed by atoms with Crippen LogP contribution in [0, 0.1) is 0 Å². The van der Waals surface area contributed by atoms with Gasteiger partial charge in [0.2, 0.25) is 10.0 Å². The first kappa shape index (κ1) is 15.7. The fourth-order valence-electron chi connectivity index (χ4n) is 1.59. The van der Waals surface area contributed by atoms with Gasteiger partial charge >= 0.3 is 5.97 Å². The van der Waals surface area contributed by atoms with E-state index < -0.39 is 16.0 Å². The lowest BCUT2D eigenvalue weighted by atomic mass is 10.2. The summed E-state index contributed by atoms with van der Waals surface area (Å²) in [6, 6.07) is 9.47. The molecule has 0 atom stereocenters. The molecule has 7 heteroatoms. The van der Waals surface area contributed by atoms with Gasteiger partial charge in [-0.2, -0.15) is 0 Å². The fraction of sp³-hybridized carbons (Fsp3) is 0.214. The summed E-state index contributed by atoms with van der Waals surface area (Å²) in [5, 5.41) is 1.91. The van der Waals surface area contributed by atoms with Crippen molar-refractivity contribution in [2.24, 2.45) is 0 Å². The largest absolute Gasteiger partial charge is 0.456 e. The van der Waals surface area contributed by atoms with Crippen LogP contribution in [0.15, 0.2) is 46.7 Å². The molecule has 0 radical (unpaired) electrons. The van der Waals surface area contributed by atoms with Crippen molar-refractivity contribution < 1.29 is 17.9 Å². The van der Waals surface area contributed by atoms with Gasteiger partial charge in [-0.25, -0.2) is 17.5 Å². The molecular formula is C14H15NO4S2. The summed E-state index contributed by atoms with van der Waals surface area (Å²) in [7, 11) is -0.570. The van der Waals surface area contributed by atoms with E-state index in [1.165, 1.54) is 49.7 Å². The van der Waals surface area contributed by atoms with Crippen molar-refractivity contribution in [2.45, 2.75) is 11.5 Å². The molecule has 0 N–H and O–H groups in total. The van der Waals surface area contributed by atoms with Crippen LogP contribution in [0.5, 0.6) is 0 Å². The van der Waals surface area contributed by atoms with Gasteiger partial charge in [-0.3, -0.25) is 0 Å². The first-order valence-electron chi connectivity index (χ1n) is 6.13. The zero-order valence-corrected chi connectivity index (χ0v) is 13.3. The van der Waals surface area contributed by atoms with Gasteiger partial charge in [0, 0.05) is 19.0 Å². The van der Waals surface area contributed by atoms with Gasteiger partial charge in [-0.15, -0.1) is 11.3 Å². The lowest BCUT2D eigenvalue weighted by Crippen LogP contribution is -2.22. The average Bonchev–Trinajstić information content (AvgIpc) is 2.98. The summed E-state index contributed by atoms with van der Waals surface area (Å²) < 4.78 is 30.1. The third-order valence-electron chi connectivity index (χ3n) is 2.79. The molecule has 0 amide bonds. The molecule has 0 unspecified atom stereocenters. The molecule has 21 heavy (non-hydrogen) atoms. The number of nitrogens with zero attached hydrogens (tertiary/aromatic N) is 1. The number of rotatable bonds is 5. The van der Waals surface area contributed by atoms with Gasteiger partial charge in [-0.05, 0) is 35.7 Å². The van der Waals surface area contributed by atoms with Crippen LogP contribution >= 0.6 is 11.3 Å². The zero-order chi connectivity index (χ0) is 15.5. The highest BCUT2D eigenvalue weighted by atomic mass is 32.2. The number of carbonyl (C=O) groups excluding carboxylic acids is 1. The van der Waals surface area contributed by atoms with Crippen molar-refractivity contribution in [3.8, 4) is 0 Å². The lowest BCUT2D eigenvalue weighted by Gasteiger charge is -2.11. The van der Waals surface area contributed by atoms with Crippen molar-refractivity contribution in [3.63, 3.8) is 0 Å². The van der Waals surface area contributed by atoms with E-state index in [1.54, 1.807) is 0 Å². The van der Waals surface area contributed by atoms with Crippen molar-refractivity contribution in [2.75, 3.05) is 14.1 Å². The van der Waals surface area contributed by atoms with Crippen LogP contribution in [0.2, 0.25) is 0 Å². The van der Waals surface area contributed by atoms with Gasteiger partial charge in [0.25, 0.3) is 0 Å². The lowest BCUT2D eigenvalue weighted by molar-refractivity contribution is 0.0476. The Kier molecular flexibility index (Phi) is 4.76. The third kappa shape index (κ3) is 3.69. The molecule has 0 aliphatic heterocycles. The van der Waals surface area contributed by atoms with Crippen LogP contribution in [-0.4, -0.2) is 32.8 Å². The molecule has 0 aliphatic rings. The number of sulfonamides is 1. The number of ether oxygens (including phenoxy) is 1. The van der Waals surface area contributed by atoms with Crippen LogP contribution in [-0.2, 0) is 21.4 Å². The van der Waals surface area contributed by atoms with Crippen LogP contribution in [0.1, 0.15) is 15.2 Å². The van der Waals surface area contributed by atoms with E-state index in [4.69, 9.17) is 4.74 Å². The Bertz CT molecular complexity index is 704. The third-order valence-corrected chi connectivity index (χ3v) is 5.47. The standard InChI is InChI=1S/C14H15NO4S2/c1-15(2)21(17,18)13-7-5-11(6-8-13)14(16)19-10-12-4-3-9-20-12/h3-9H,10H2,1-2H3. The zero-order valence-electron chi connectivity index (χ0n) is 11.6. The van der Waals surface area contributed by atoms with Gasteiger partial charge in [0.15, 0.2) is 0 Å². The molecule has 0 saturated carbocycles. The van der Waals surface area contributed by atoms with Gasteiger partial charge in [0.05, 0.1) is 10.5 Å². The van der Waals surface area contributed by atoms with Crippen LogP contribution in [0.3, 0.4) is 0 Å². The van der Waals surface area contributed by atoms with E-state index in [-0.39, 0.29) is 11.5 Å². The molecule has 0 fully saturated rings. The molecule has 2 rings (SSSR count). The Labute approximate surface area is 127 Å². The predicted octanol–water partition coefficient (Wildman–Crippen LogP) is 2.36. The second-order valence-corrected chi connectivity index (χ2v) is 7.65. The number of thiophene rings is 1. The maximum absolute atomic E-state index is 11.9. The minimum absolute atomic E-state index is 0.141. The molecule has 0 saturated heterocycles. The predicted molar refractivity (Wildman–Crippen MR) is 80.8 cm³/mol. The highest BCUT2D eigenvalue weighted by Crippen LogP contribution is 2.16. The van der Waals surface area contributed by atoms with Crippen LogP contribution in [0.25, 0.3) is 0 Å². The maximum Gasteiger partial charge on any atom is 0.338 e. The summed E-state index contributed by atoms with van der Waals surface area (Å²) in [5.74, 6) is -0.475. The van der Waals surface area contributed by atoms with Gasteiger partial charge in [-0.1, -0.05) is 6.07 Å². The van der Waals surface area contributed by atoms with E-state index >= 15 is 0 Å². The summed E-state index contributed by atoms with van der Waals surface area (Å²) in [5.41, 5.74) is 0.323. The smallest absolute Gasteiger partial charge is 0.338 e. The van der Waals surface area contributed by atoms with Crippen molar-refractivity contribution in [3.05, 3.63) is 52.2 Å². The molecule has 1 aromatic carbocycles. The Morgan fingerprint density at radius 3 is 2.38 bits per heavy atom. The van der Waals surface area contributed by atoms with Crippen molar-refractivity contribution in [1.82, 2.24) is 4.31 Å². The summed E-state index contributed by atoms with van der Waals surface area (Å²) in [4.78, 5) is 13.0. The summed E-state index contributed by atoms with van der Waals surface area (Å²) in [6.07, 6.45) is 0. The topological polar surface area (TPSA) is 63.7 Å². The molecule has 0 bridgehead atoms. The minimum Gasteiger partial charge on any atom is -0.456 e. The highest BCUT2D eigenvalue weighted by molar-refractivity contribution is 7.89. The Balaban J connectivity index is 2.07. The first-order chi connectivity index (χ1) is 9.91. The van der Waals surface area contributed by atoms with Crippen LogP contribution < -0.4 is 0 Å². The molecule has 0 aliphatic carbocycles. The van der Waals surface area contributed by atoms with Crippen molar-refractivity contribution >= 4 is 27.3 Å². The maximum atomic E-state index is 11.9. The van der Waals surface area contributed by atoms with Crippen molar-refractivity contribution in [1.29, 1.82) is 0 Å². The molecule has 1 aromatic heterocycles. The molecule has 0 spiro atoms. The van der Waals surface area contributed by atoms with E-state index in [1.807, 2.05) is 17.5 Å². The van der Waals surface area contributed by atoms with E-state index in [0.29, 0.717) is 5.56 Å². The number of carbonyl (C=O) groups is 1. The number of hydrogen-bond donors (Lipinski definition) is 0. The molecular weight excluding hydrogens is 310 g/mol. The number of benzene rings is 1. The monoisotopic (exact) mass is 325 g/mol. The quantitative estimate of drug-likeness (QED) is 0.792. The molecule has 1 heterocycles. The molecule has 112 valence electrons. The van der Waals surface area contributed by atoms with Gasteiger partial charge < -0.3 is 4.74 Å². The number of esters is 1. The second kappa shape index (κ2) is 6.38. The molecule has 2 aromatic rings. The molecule has 5 nitrogen and oxygen atoms in total. The average molecular weight is 325 g/mol. The van der Waals surface area contributed by atoms with E-state index in [9.17, 15) is 13.2 Å². The Morgan fingerprint density at radius 2 is 1.86 bits per heavy atom. The highest BCUT2D eigenvalue weighted by Gasteiger charge is 2.17. The normalized spacial score (nSPS) is 11.6. The summed E-state index contributed by atoms with van der Waals surface area (Å²) >= 11 is 1.51. The van der Waals surface area contributed by atoms with E-state index in [0.717, 1.165) is 9.18 Å². The van der Waals surface area contributed by atoms with Gasteiger partial charge in [0.1, 0.15) is 6.61 Å².